The molecule has 1 aromatic carbocycles. The Hall–Kier alpha value is -2.47. The maximum absolute atomic E-state index is 11.1. The van der Waals surface area contributed by atoms with Crippen LogP contribution in [0.3, 0.4) is 0 Å². The minimum atomic E-state index is -0.362. The Kier molecular flexibility index (Phi) is 4.83. The monoisotopic (exact) mass is 314 g/mol. The van der Waals surface area contributed by atoms with Crippen LogP contribution in [0.1, 0.15) is 24.4 Å². The van der Waals surface area contributed by atoms with Gasteiger partial charge in [-0.15, -0.1) is 0 Å². The van der Waals surface area contributed by atoms with E-state index in [1.54, 1.807) is 17.2 Å². The number of nitrogens with zero attached hydrogens (tertiary/aromatic N) is 1. The highest BCUT2D eigenvalue weighted by molar-refractivity contribution is 5.50. The molecule has 0 bridgehead atoms. The summed E-state index contributed by atoms with van der Waals surface area (Å²) in [5.74, 6) is 0.469. The van der Waals surface area contributed by atoms with Crippen molar-refractivity contribution in [1.82, 2.24) is 0 Å². The molecule has 3 N–H and O–H groups in total. The molecule has 0 radical (unpaired) electrons. The van der Waals surface area contributed by atoms with Gasteiger partial charge in [-0.2, -0.15) is 0 Å². The first-order chi connectivity index (χ1) is 11.3. The van der Waals surface area contributed by atoms with Gasteiger partial charge in [0.15, 0.2) is 6.04 Å². The molecular weight excluding hydrogens is 292 g/mol. The molecule has 23 heavy (non-hydrogen) atoms. The molecule has 1 aromatic heterocycles. The van der Waals surface area contributed by atoms with E-state index in [0.29, 0.717) is 18.4 Å². The fraction of sp³-hybridized carbons (Fsp3) is 0.353. The van der Waals surface area contributed by atoms with Crippen molar-refractivity contribution in [2.45, 2.75) is 18.9 Å². The van der Waals surface area contributed by atoms with Gasteiger partial charge in [0.1, 0.15) is 6.54 Å². The minimum absolute atomic E-state index is 0.0794. The van der Waals surface area contributed by atoms with Crippen molar-refractivity contribution >= 4 is 11.5 Å². The van der Waals surface area contributed by atoms with Crippen LogP contribution in [0.4, 0.5) is 11.5 Å². The summed E-state index contributed by atoms with van der Waals surface area (Å²) in [6.45, 7) is 2.98. The third kappa shape index (κ3) is 3.65. The van der Waals surface area contributed by atoms with E-state index in [-0.39, 0.29) is 10.6 Å². The molecule has 0 spiro atoms. The van der Waals surface area contributed by atoms with E-state index in [1.807, 2.05) is 6.07 Å². The second-order valence-corrected chi connectivity index (χ2v) is 5.90. The zero-order valence-electron chi connectivity index (χ0n) is 13.0. The molecule has 1 fully saturated rings. The largest absolute Gasteiger partial charge is 0.357 e. The maximum Gasteiger partial charge on any atom is 0.357 e. The molecule has 0 saturated carbocycles. The Bertz CT molecular complexity index is 657. The molecule has 2 aromatic rings. The lowest BCUT2D eigenvalue weighted by molar-refractivity contribution is -0.918. The number of likely N-dealkylation sites (tertiary alicyclic amines) is 1. The molecular formula is C17H22N4O2+2. The van der Waals surface area contributed by atoms with Crippen LogP contribution >= 0.6 is 0 Å². The summed E-state index contributed by atoms with van der Waals surface area (Å²) in [5.41, 5.74) is 1.35. The Morgan fingerprint density at radius 1 is 1.17 bits per heavy atom. The summed E-state index contributed by atoms with van der Waals surface area (Å²) >= 11 is 0. The van der Waals surface area contributed by atoms with E-state index in [2.05, 4.69) is 34.6 Å². The van der Waals surface area contributed by atoms with Crippen molar-refractivity contribution in [3.05, 3.63) is 64.3 Å². The summed E-state index contributed by atoms with van der Waals surface area (Å²) in [6, 6.07) is 13.9. The average molecular weight is 314 g/mol. The fourth-order valence-electron chi connectivity index (χ4n) is 3.29. The van der Waals surface area contributed by atoms with Crippen LogP contribution in [0.2, 0.25) is 0 Å². The third-order valence-corrected chi connectivity index (χ3v) is 4.45. The number of H-pyrrole nitrogens is 1. The average Bonchev–Trinajstić information content (AvgIpc) is 3.10. The van der Waals surface area contributed by atoms with Gasteiger partial charge in [0.05, 0.1) is 24.2 Å². The summed E-state index contributed by atoms with van der Waals surface area (Å²) < 4.78 is 0. The number of anilines is 1. The second-order valence-electron chi connectivity index (χ2n) is 5.90. The van der Waals surface area contributed by atoms with Crippen LogP contribution in [0.25, 0.3) is 0 Å². The summed E-state index contributed by atoms with van der Waals surface area (Å²) in [6.07, 6.45) is 4.20. The highest BCUT2D eigenvalue weighted by atomic mass is 16.6. The van der Waals surface area contributed by atoms with Crippen molar-refractivity contribution in [2.75, 3.05) is 25.0 Å². The van der Waals surface area contributed by atoms with Crippen molar-refractivity contribution in [1.29, 1.82) is 0 Å². The Balaban J connectivity index is 1.78. The van der Waals surface area contributed by atoms with Crippen molar-refractivity contribution in [2.24, 2.45) is 0 Å². The van der Waals surface area contributed by atoms with E-state index >= 15 is 0 Å². The molecule has 6 heteroatoms. The number of quaternary nitrogens is 1. The lowest BCUT2D eigenvalue weighted by Gasteiger charge is -2.23. The number of hydrogen-bond acceptors (Lipinski definition) is 3. The number of rotatable bonds is 6. The van der Waals surface area contributed by atoms with E-state index in [0.717, 1.165) is 13.1 Å². The second kappa shape index (κ2) is 7.19. The minimum Gasteiger partial charge on any atom is -0.325 e. The molecule has 0 amide bonds. The third-order valence-electron chi connectivity index (χ3n) is 4.45. The number of nitro groups is 1. The molecule has 3 rings (SSSR count). The number of benzene rings is 1. The molecule has 120 valence electrons. The Morgan fingerprint density at radius 2 is 1.91 bits per heavy atom. The number of hydrogen-bond donors (Lipinski definition) is 2. The van der Waals surface area contributed by atoms with Gasteiger partial charge in [-0.25, -0.2) is 4.98 Å². The molecule has 1 saturated heterocycles. The molecule has 1 atom stereocenters. The van der Waals surface area contributed by atoms with Crippen molar-refractivity contribution in [3.8, 4) is 0 Å². The van der Waals surface area contributed by atoms with Crippen LogP contribution in [0.15, 0.2) is 48.7 Å². The van der Waals surface area contributed by atoms with Crippen LogP contribution in [0.5, 0.6) is 0 Å². The van der Waals surface area contributed by atoms with Gasteiger partial charge in [-0.3, -0.25) is 15.4 Å². The van der Waals surface area contributed by atoms with E-state index < -0.39 is 0 Å². The molecule has 2 heterocycles. The lowest BCUT2D eigenvalue weighted by Crippen LogP contribution is -3.11. The van der Waals surface area contributed by atoms with Crippen LogP contribution < -0.4 is 15.2 Å². The van der Waals surface area contributed by atoms with Crippen LogP contribution in [0, 0.1) is 10.1 Å². The van der Waals surface area contributed by atoms with Crippen molar-refractivity contribution in [3.63, 3.8) is 0 Å². The highest BCUT2D eigenvalue weighted by Gasteiger charge is 2.30. The zero-order chi connectivity index (χ0) is 16.1. The first-order valence-corrected chi connectivity index (χ1v) is 8.04. The predicted octanol–water partition coefficient (Wildman–Crippen LogP) is 1.24. The first kappa shape index (κ1) is 15.4. The first-order valence-electron chi connectivity index (χ1n) is 8.04. The SMILES string of the molecule is O=[N+]([O-])c1ccc[nH+]c1NC[C@@H](c1ccccc1)[NH+]1CCCC1. The van der Waals surface area contributed by atoms with E-state index in [4.69, 9.17) is 0 Å². The summed E-state index contributed by atoms with van der Waals surface area (Å²) in [4.78, 5) is 15.3. The predicted molar refractivity (Wildman–Crippen MR) is 87.3 cm³/mol. The molecule has 0 unspecified atom stereocenters. The topological polar surface area (TPSA) is 73.8 Å². The van der Waals surface area contributed by atoms with Gasteiger partial charge < -0.3 is 4.90 Å². The summed E-state index contributed by atoms with van der Waals surface area (Å²) in [5, 5.41) is 14.4. The Labute approximate surface area is 135 Å². The summed E-state index contributed by atoms with van der Waals surface area (Å²) in [7, 11) is 0. The lowest BCUT2D eigenvalue weighted by atomic mass is 10.1. The fourth-order valence-corrected chi connectivity index (χ4v) is 3.29. The molecule has 6 nitrogen and oxygen atoms in total. The normalized spacial score (nSPS) is 16.2. The Morgan fingerprint density at radius 3 is 2.61 bits per heavy atom. The van der Waals surface area contributed by atoms with Crippen LogP contribution in [-0.2, 0) is 0 Å². The number of aromatic amines is 1. The number of aromatic nitrogens is 1. The van der Waals surface area contributed by atoms with Gasteiger partial charge in [0, 0.05) is 24.5 Å². The molecule has 1 aliphatic heterocycles. The zero-order valence-corrected chi connectivity index (χ0v) is 13.0. The van der Waals surface area contributed by atoms with Gasteiger partial charge in [0.2, 0.25) is 0 Å². The van der Waals surface area contributed by atoms with Gasteiger partial charge in [0.25, 0.3) is 0 Å². The molecule has 1 aliphatic rings. The van der Waals surface area contributed by atoms with Crippen molar-refractivity contribution < 1.29 is 14.8 Å². The van der Waals surface area contributed by atoms with Gasteiger partial charge >= 0.3 is 11.5 Å². The highest BCUT2D eigenvalue weighted by Crippen LogP contribution is 2.19. The molecule has 0 aliphatic carbocycles. The van der Waals surface area contributed by atoms with Crippen LogP contribution in [-0.4, -0.2) is 24.6 Å². The quantitative estimate of drug-likeness (QED) is 0.622. The van der Waals surface area contributed by atoms with E-state index in [1.165, 1.54) is 24.5 Å². The van der Waals surface area contributed by atoms with Gasteiger partial charge in [-0.1, -0.05) is 30.3 Å². The number of pyridine rings is 1. The van der Waals surface area contributed by atoms with Gasteiger partial charge in [-0.05, 0) is 6.07 Å². The van der Waals surface area contributed by atoms with E-state index in [9.17, 15) is 10.1 Å². The maximum atomic E-state index is 11.1. The number of nitrogens with one attached hydrogen (secondary N) is 3. The standard InChI is InChI=1S/C17H20N4O2/c22-21(23)15-9-6-10-18-17(15)19-13-16(20-11-4-5-12-20)14-7-2-1-3-8-14/h1-3,6-10,16H,4-5,11-13H2,(H,18,19)/p+2/t16-/m0/s1. The smallest absolute Gasteiger partial charge is 0.325 e.